The van der Waals surface area contributed by atoms with Gasteiger partial charge in [-0.3, -0.25) is 9.40 Å². The molecule has 1 aromatic carbocycles. The molecule has 140 valence electrons. The number of aliphatic hydroxyl groups excluding tert-OH is 2. The van der Waals surface area contributed by atoms with Crippen LogP contribution in [0.5, 0.6) is 0 Å². The number of aliphatic hydroxyl groups is 2. The van der Waals surface area contributed by atoms with Crippen LogP contribution >= 0.6 is 23.2 Å². The van der Waals surface area contributed by atoms with Gasteiger partial charge in [0.2, 0.25) is 0 Å². The van der Waals surface area contributed by atoms with E-state index in [-0.39, 0.29) is 10.6 Å². The molecule has 0 aliphatic heterocycles. The first kappa shape index (κ1) is 19.0. The number of sulfonamides is 1. The molecule has 0 saturated heterocycles. The minimum absolute atomic E-state index is 0.119. The van der Waals surface area contributed by atoms with Crippen LogP contribution in [0.4, 0.5) is 5.69 Å². The summed E-state index contributed by atoms with van der Waals surface area (Å²) < 4.78 is 29.0. The highest BCUT2D eigenvalue weighted by Gasteiger charge is 2.28. The number of H-pyrrole nitrogens is 1. The smallest absolute Gasteiger partial charge is 0.265 e. The van der Waals surface area contributed by atoms with Gasteiger partial charge in [0.1, 0.15) is 10.4 Å². The van der Waals surface area contributed by atoms with Gasteiger partial charge in [0.25, 0.3) is 10.0 Å². The summed E-state index contributed by atoms with van der Waals surface area (Å²) >= 11 is 12.2. The summed E-state index contributed by atoms with van der Waals surface area (Å²) in [5.74, 6) is 0. The lowest BCUT2D eigenvalue weighted by atomic mass is 10.1. The number of nitrogens with zero attached hydrogens (tertiary/aromatic N) is 2. The van der Waals surface area contributed by atoms with Gasteiger partial charge in [0.15, 0.2) is 0 Å². The minimum Gasteiger partial charge on any atom is -0.394 e. The molecule has 2 heterocycles. The second kappa shape index (κ2) is 6.75. The van der Waals surface area contributed by atoms with Crippen molar-refractivity contribution in [2.45, 2.75) is 17.4 Å². The molecule has 0 amide bonds. The van der Waals surface area contributed by atoms with Crippen molar-refractivity contribution in [3.63, 3.8) is 0 Å². The van der Waals surface area contributed by atoms with Gasteiger partial charge in [-0.25, -0.2) is 8.42 Å². The third kappa shape index (κ3) is 3.17. The predicted molar refractivity (Wildman–Crippen MR) is 99.2 cm³/mol. The second-order valence-corrected chi connectivity index (χ2v) is 8.52. The molecule has 3 rings (SSSR count). The third-order valence-corrected chi connectivity index (χ3v) is 6.02. The number of aromatic nitrogens is 3. The van der Waals surface area contributed by atoms with E-state index in [4.69, 9.17) is 23.2 Å². The Labute approximate surface area is 159 Å². The fourth-order valence-corrected chi connectivity index (χ4v) is 3.95. The van der Waals surface area contributed by atoms with Crippen molar-refractivity contribution in [2.24, 2.45) is 0 Å². The highest BCUT2D eigenvalue weighted by molar-refractivity contribution is 7.92. The lowest BCUT2D eigenvalue weighted by Gasteiger charge is -2.24. The molecule has 26 heavy (non-hydrogen) atoms. The summed E-state index contributed by atoms with van der Waals surface area (Å²) in [4.78, 5) is 2.77. The molecular weight excluding hydrogens is 403 g/mol. The van der Waals surface area contributed by atoms with Crippen molar-refractivity contribution in [3.05, 3.63) is 40.8 Å². The van der Waals surface area contributed by atoms with E-state index < -0.39 is 28.8 Å². The molecule has 3 aromatic rings. The quantitative estimate of drug-likeness (QED) is 0.488. The number of hydrogen-bond acceptors (Lipinski definition) is 5. The van der Waals surface area contributed by atoms with Crippen LogP contribution in [0.3, 0.4) is 0 Å². The Balaban J connectivity index is 1.99. The highest BCUT2D eigenvalue weighted by atomic mass is 35.5. The molecule has 0 bridgehead atoms. The lowest BCUT2D eigenvalue weighted by Crippen LogP contribution is -2.38. The maximum Gasteiger partial charge on any atom is 0.265 e. The zero-order valence-corrected chi connectivity index (χ0v) is 15.9. The van der Waals surface area contributed by atoms with Gasteiger partial charge in [-0.15, -0.1) is 0 Å². The molecule has 0 unspecified atom stereocenters. The molecule has 0 fully saturated rings. The first-order valence-electron chi connectivity index (χ1n) is 7.46. The van der Waals surface area contributed by atoms with E-state index in [1.807, 2.05) is 0 Å². The number of hydrogen-bond donors (Lipinski definition) is 4. The Morgan fingerprint density at radius 2 is 1.96 bits per heavy atom. The SMILES string of the molecule is CC(CO)(CO)n1cc(S(=O)(=O)Nc2ccc(Cl)c3c(Cl)c[nH]c23)cn1. The maximum atomic E-state index is 12.7. The van der Waals surface area contributed by atoms with Crippen LogP contribution in [-0.4, -0.2) is 46.6 Å². The molecule has 0 saturated carbocycles. The summed E-state index contributed by atoms with van der Waals surface area (Å²) in [6, 6.07) is 3.06. The number of benzene rings is 1. The second-order valence-electron chi connectivity index (χ2n) is 6.02. The largest absolute Gasteiger partial charge is 0.394 e. The summed E-state index contributed by atoms with van der Waals surface area (Å²) in [6.45, 7) is 0.737. The summed E-state index contributed by atoms with van der Waals surface area (Å²) in [7, 11) is -3.97. The van der Waals surface area contributed by atoms with Crippen LogP contribution in [0, 0.1) is 0 Å². The number of halogens is 2. The Morgan fingerprint density at radius 1 is 1.27 bits per heavy atom. The van der Waals surface area contributed by atoms with Crippen molar-refractivity contribution in [3.8, 4) is 0 Å². The Bertz CT molecular complexity index is 1060. The molecule has 0 aliphatic rings. The average molecular weight is 419 g/mol. The number of fused-ring (bicyclic) bond motifs is 1. The van der Waals surface area contributed by atoms with E-state index >= 15 is 0 Å². The topological polar surface area (TPSA) is 120 Å². The zero-order chi connectivity index (χ0) is 19.1. The van der Waals surface area contributed by atoms with Gasteiger partial charge >= 0.3 is 0 Å². The molecule has 0 spiro atoms. The molecule has 11 heteroatoms. The fourth-order valence-electron chi connectivity index (χ4n) is 2.39. The predicted octanol–water partition coefficient (Wildman–Crippen LogP) is 2.17. The van der Waals surface area contributed by atoms with Crippen LogP contribution in [-0.2, 0) is 15.6 Å². The number of nitrogens with one attached hydrogen (secondary N) is 2. The molecule has 8 nitrogen and oxygen atoms in total. The fraction of sp³-hybridized carbons (Fsp3) is 0.267. The van der Waals surface area contributed by atoms with Gasteiger partial charge in [-0.05, 0) is 19.1 Å². The van der Waals surface area contributed by atoms with Gasteiger partial charge in [0, 0.05) is 17.8 Å². The number of rotatable bonds is 6. The number of aromatic amines is 1. The van der Waals surface area contributed by atoms with E-state index in [0.29, 0.717) is 20.9 Å². The lowest BCUT2D eigenvalue weighted by molar-refractivity contribution is 0.0679. The highest BCUT2D eigenvalue weighted by Crippen LogP contribution is 2.35. The molecule has 4 N–H and O–H groups in total. The van der Waals surface area contributed by atoms with Gasteiger partial charge < -0.3 is 15.2 Å². The molecule has 0 radical (unpaired) electrons. The van der Waals surface area contributed by atoms with E-state index in [1.165, 1.54) is 23.1 Å². The van der Waals surface area contributed by atoms with Crippen molar-refractivity contribution in [1.29, 1.82) is 0 Å². The molecular formula is C15H16Cl2N4O4S. The normalized spacial score (nSPS) is 12.7. The zero-order valence-electron chi connectivity index (χ0n) is 13.6. The monoisotopic (exact) mass is 418 g/mol. The van der Waals surface area contributed by atoms with Crippen LogP contribution in [0.25, 0.3) is 10.9 Å². The summed E-state index contributed by atoms with van der Waals surface area (Å²) in [6.07, 6.45) is 3.89. The Morgan fingerprint density at radius 3 is 2.62 bits per heavy atom. The first-order chi connectivity index (χ1) is 12.2. The van der Waals surface area contributed by atoms with Crippen molar-refractivity contribution in [2.75, 3.05) is 17.9 Å². The molecule has 0 aliphatic carbocycles. The van der Waals surface area contributed by atoms with E-state index in [0.717, 1.165) is 6.20 Å². The maximum absolute atomic E-state index is 12.7. The van der Waals surface area contributed by atoms with Crippen molar-refractivity contribution < 1.29 is 18.6 Å². The van der Waals surface area contributed by atoms with Crippen molar-refractivity contribution >= 4 is 49.8 Å². The minimum atomic E-state index is -3.97. The average Bonchev–Trinajstić information content (AvgIpc) is 3.25. The van der Waals surface area contributed by atoms with Crippen LogP contribution in [0.2, 0.25) is 10.0 Å². The van der Waals surface area contributed by atoms with Gasteiger partial charge in [-0.1, -0.05) is 23.2 Å². The standard InChI is InChI=1S/C15H16Cl2N4O4S/c1-15(7-22,8-23)21-6-9(4-19-21)26(24,25)20-12-3-2-10(16)13-11(17)5-18-14(12)13/h2-6,18,20,22-23H,7-8H2,1H3. The summed E-state index contributed by atoms with van der Waals surface area (Å²) in [5.41, 5.74) is -0.390. The molecule has 0 atom stereocenters. The van der Waals surface area contributed by atoms with Gasteiger partial charge in [0.05, 0.1) is 40.7 Å². The Hall–Kier alpha value is -1.78. The number of anilines is 1. The first-order valence-corrected chi connectivity index (χ1v) is 9.70. The summed E-state index contributed by atoms with van der Waals surface area (Å²) in [5, 5.41) is 24.1. The van der Waals surface area contributed by atoms with E-state index in [1.54, 1.807) is 13.0 Å². The van der Waals surface area contributed by atoms with E-state index in [2.05, 4.69) is 14.8 Å². The molecule has 2 aromatic heterocycles. The van der Waals surface area contributed by atoms with Crippen LogP contribution < -0.4 is 4.72 Å². The van der Waals surface area contributed by atoms with Crippen LogP contribution in [0.15, 0.2) is 35.6 Å². The third-order valence-electron chi connectivity index (χ3n) is 4.08. The van der Waals surface area contributed by atoms with Crippen molar-refractivity contribution in [1.82, 2.24) is 14.8 Å². The van der Waals surface area contributed by atoms with Gasteiger partial charge in [-0.2, -0.15) is 5.10 Å². The Kier molecular flexibility index (Phi) is 4.93. The van der Waals surface area contributed by atoms with E-state index in [9.17, 15) is 18.6 Å². The van der Waals surface area contributed by atoms with Crippen LogP contribution in [0.1, 0.15) is 6.92 Å².